The number of likely N-dealkylation sites (tertiary alicyclic amines) is 1. The van der Waals surface area contributed by atoms with Crippen molar-refractivity contribution in [3.05, 3.63) is 63.1 Å². The van der Waals surface area contributed by atoms with E-state index in [0.29, 0.717) is 40.2 Å². The molecule has 5 rings (SSSR count). The molecular formula is C29H34BrClN2O3. The van der Waals surface area contributed by atoms with Crippen molar-refractivity contribution in [2.45, 2.75) is 50.4 Å². The fraction of sp³-hybridized carbons (Fsp3) is 0.517. The number of hydrogen-bond acceptors (Lipinski definition) is 3. The fourth-order valence-electron chi connectivity index (χ4n) is 6.21. The summed E-state index contributed by atoms with van der Waals surface area (Å²) in [5.41, 5.74) is 1.68. The van der Waals surface area contributed by atoms with E-state index in [4.69, 9.17) is 16.3 Å². The molecule has 192 valence electrons. The van der Waals surface area contributed by atoms with Crippen molar-refractivity contribution in [3.8, 4) is 5.75 Å². The van der Waals surface area contributed by atoms with Gasteiger partial charge in [0.1, 0.15) is 5.75 Å². The smallest absolute Gasteiger partial charge is 0.254 e. The molecule has 1 spiro atoms. The Balaban J connectivity index is 1.12. The average Bonchev–Trinajstić information content (AvgIpc) is 3.50. The lowest BCUT2D eigenvalue weighted by molar-refractivity contribution is -0.142. The number of halogens is 2. The van der Waals surface area contributed by atoms with E-state index in [1.807, 2.05) is 18.2 Å². The Morgan fingerprint density at radius 2 is 1.83 bits per heavy atom. The van der Waals surface area contributed by atoms with Gasteiger partial charge >= 0.3 is 0 Å². The first-order valence-corrected chi connectivity index (χ1v) is 14.1. The molecule has 2 saturated carbocycles. The minimum atomic E-state index is -0.338. The summed E-state index contributed by atoms with van der Waals surface area (Å²) in [5, 5.41) is 0.415. The molecule has 0 unspecified atom stereocenters. The minimum absolute atomic E-state index is 0.115. The second-order valence-electron chi connectivity index (χ2n) is 10.9. The SMILES string of the molecule is CN(C)C(=O)c1ccc(OCC[C@@H]2CC23CCN(C(=O)C2(c4ccccc4Br)CCC2)CC3)cc1Cl. The minimum Gasteiger partial charge on any atom is -0.494 e. The second-order valence-corrected chi connectivity index (χ2v) is 12.2. The number of carbonyl (C=O) groups excluding carboxylic acids is 2. The van der Waals surface area contributed by atoms with Gasteiger partial charge in [-0.1, -0.05) is 52.2 Å². The monoisotopic (exact) mass is 572 g/mol. The highest BCUT2D eigenvalue weighted by atomic mass is 79.9. The van der Waals surface area contributed by atoms with Crippen molar-refractivity contribution < 1.29 is 14.3 Å². The Hall–Kier alpha value is -2.05. The van der Waals surface area contributed by atoms with Crippen LogP contribution in [0.5, 0.6) is 5.75 Å². The maximum atomic E-state index is 13.7. The molecule has 2 aromatic rings. The molecule has 2 aromatic carbocycles. The maximum Gasteiger partial charge on any atom is 0.254 e. The van der Waals surface area contributed by atoms with E-state index in [1.54, 1.807) is 26.2 Å². The molecule has 1 aliphatic heterocycles. The van der Waals surface area contributed by atoms with E-state index in [1.165, 1.54) is 11.3 Å². The molecule has 7 heteroatoms. The summed E-state index contributed by atoms with van der Waals surface area (Å²) < 4.78 is 7.02. The summed E-state index contributed by atoms with van der Waals surface area (Å²) in [6, 6.07) is 13.5. The summed E-state index contributed by atoms with van der Waals surface area (Å²) in [6.07, 6.45) is 7.42. The average molecular weight is 574 g/mol. The van der Waals surface area contributed by atoms with Crippen molar-refractivity contribution in [2.24, 2.45) is 11.3 Å². The van der Waals surface area contributed by atoms with E-state index < -0.39 is 0 Å². The van der Waals surface area contributed by atoms with Crippen LogP contribution in [0.15, 0.2) is 46.9 Å². The first-order valence-electron chi connectivity index (χ1n) is 12.9. The highest BCUT2D eigenvalue weighted by Gasteiger charge is 2.56. The first kappa shape index (κ1) is 25.6. The van der Waals surface area contributed by atoms with Gasteiger partial charge in [0, 0.05) is 31.7 Å². The normalized spacial score (nSPS) is 21.6. The van der Waals surface area contributed by atoms with Crippen molar-refractivity contribution in [1.82, 2.24) is 9.80 Å². The number of rotatable bonds is 7. The summed E-state index contributed by atoms with van der Waals surface area (Å²) in [6.45, 7) is 2.36. The molecule has 3 aliphatic rings. The summed E-state index contributed by atoms with van der Waals surface area (Å²) >= 11 is 10.00. The van der Waals surface area contributed by atoms with Crippen LogP contribution in [0, 0.1) is 11.3 Å². The number of ether oxygens (including phenoxy) is 1. The standard InChI is InChI=1S/C29H34BrClN2O3/c1-32(2)26(34)22-9-8-21(18-25(22)31)36-17-10-20-19-28(20)13-15-33(16-14-28)27(35)29(11-5-12-29)23-6-3-4-7-24(23)30/h3-4,6-9,18,20H,5,10-17,19H2,1-2H3/t20-/m1/s1. The van der Waals surface area contributed by atoms with E-state index in [-0.39, 0.29) is 11.3 Å². The van der Waals surface area contributed by atoms with Gasteiger partial charge < -0.3 is 14.5 Å². The van der Waals surface area contributed by atoms with Crippen molar-refractivity contribution in [3.63, 3.8) is 0 Å². The highest BCUT2D eigenvalue weighted by Crippen LogP contribution is 2.61. The Labute approximate surface area is 227 Å². The molecule has 0 N–H and O–H groups in total. The fourth-order valence-corrected chi connectivity index (χ4v) is 7.12. The summed E-state index contributed by atoms with van der Waals surface area (Å²) in [5.74, 6) is 1.56. The first-order chi connectivity index (χ1) is 17.3. The predicted molar refractivity (Wildman–Crippen MR) is 146 cm³/mol. The van der Waals surface area contributed by atoms with Gasteiger partial charge in [0.05, 0.1) is 22.6 Å². The Morgan fingerprint density at radius 1 is 1.11 bits per heavy atom. The number of hydrogen-bond donors (Lipinski definition) is 0. The zero-order valence-electron chi connectivity index (χ0n) is 21.1. The Morgan fingerprint density at radius 3 is 2.44 bits per heavy atom. The molecule has 2 aliphatic carbocycles. The van der Waals surface area contributed by atoms with Crippen LogP contribution in [0.1, 0.15) is 60.9 Å². The number of amides is 2. The van der Waals surface area contributed by atoms with Gasteiger partial charge in [-0.05, 0) is 79.7 Å². The third kappa shape index (κ3) is 4.67. The van der Waals surface area contributed by atoms with Gasteiger partial charge in [-0.15, -0.1) is 0 Å². The lowest BCUT2D eigenvalue weighted by Crippen LogP contribution is -2.53. The lowest BCUT2D eigenvalue weighted by atomic mass is 9.63. The van der Waals surface area contributed by atoms with Crippen molar-refractivity contribution in [2.75, 3.05) is 33.8 Å². The molecule has 1 heterocycles. The van der Waals surface area contributed by atoms with Crippen LogP contribution >= 0.6 is 27.5 Å². The van der Waals surface area contributed by atoms with Crippen molar-refractivity contribution in [1.29, 1.82) is 0 Å². The second kappa shape index (κ2) is 10.0. The quantitative estimate of drug-likeness (QED) is 0.389. The number of carbonyl (C=O) groups is 2. The lowest BCUT2D eigenvalue weighted by Gasteiger charge is -2.46. The molecular weight excluding hydrogens is 540 g/mol. The van der Waals surface area contributed by atoms with Gasteiger partial charge in [-0.25, -0.2) is 0 Å². The Bertz CT molecular complexity index is 1150. The van der Waals surface area contributed by atoms with E-state index in [2.05, 4.69) is 33.0 Å². The topological polar surface area (TPSA) is 49.9 Å². The van der Waals surface area contributed by atoms with Crippen LogP contribution < -0.4 is 4.74 Å². The van der Waals surface area contributed by atoms with Crippen molar-refractivity contribution >= 4 is 39.3 Å². The summed E-state index contributed by atoms with van der Waals surface area (Å²) in [7, 11) is 3.42. The predicted octanol–water partition coefficient (Wildman–Crippen LogP) is 6.32. The third-order valence-corrected chi connectivity index (χ3v) is 9.73. The molecule has 1 atom stereocenters. The van der Waals surface area contributed by atoms with Gasteiger partial charge in [0.15, 0.2) is 0 Å². The van der Waals surface area contributed by atoms with Gasteiger partial charge in [-0.3, -0.25) is 9.59 Å². The molecule has 3 fully saturated rings. The van der Waals surface area contributed by atoms with E-state index in [9.17, 15) is 9.59 Å². The molecule has 5 nitrogen and oxygen atoms in total. The van der Waals surface area contributed by atoms with Crippen LogP contribution in [-0.2, 0) is 10.2 Å². The van der Waals surface area contributed by atoms with E-state index >= 15 is 0 Å². The maximum absolute atomic E-state index is 13.7. The molecule has 0 radical (unpaired) electrons. The van der Waals surface area contributed by atoms with Crippen LogP contribution in [0.2, 0.25) is 5.02 Å². The molecule has 36 heavy (non-hydrogen) atoms. The summed E-state index contributed by atoms with van der Waals surface area (Å²) in [4.78, 5) is 29.5. The van der Waals surface area contributed by atoms with E-state index in [0.717, 1.165) is 61.7 Å². The Kier molecular flexibility index (Phi) is 7.12. The van der Waals surface area contributed by atoms with Crippen LogP contribution in [0.4, 0.5) is 0 Å². The van der Waals surface area contributed by atoms with Gasteiger partial charge in [0.25, 0.3) is 5.91 Å². The molecule has 1 saturated heterocycles. The zero-order chi connectivity index (χ0) is 25.5. The largest absolute Gasteiger partial charge is 0.494 e. The number of piperidine rings is 1. The van der Waals surface area contributed by atoms with Gasteiger partial charge in [-0.2, -0.15) is 0 Å². The highest BCUT2D eigenvalue weighted by molar-refractivity contribution is 9.10. The van der Waals surface area contributed by atoms with Crippen LogP contribution in [0.3, 0.4) is 0 Å². The number of benzene rings is 2. The molecule has 2 amide bonds. The molecule has 0 aromatic heterocycles. The zero-order valence-corrected chi connectivity index (χ0v) is 23.4. The van der Waals surface area contributed by atoms with Crippen LogP contribution in [0.25, 0.3) is 0 Å². The number of nitrogens with zero attached hydrogens (tertiary/aromatic N) is 2. The van der Waals surface area contributed by atoms with Gasteiger partial charge in [0.2, 0.25) is 5.91 Å². The van der Waals surface area contributed by atoms with Crippen LogP contribution in [-0.4, -0.2) is 55.4 Å². The third-order valence-electron chi connectivity index (χ3n) is 8.72. The molecule has 0 bridgehead atoms.